The molecule has 0 radical (unpaired) electrons. The highest BCUT2D eigenvalue weighted by molar-refractivity contribution is 6.30. The van der Waals surface area contributed by atoms with Crippen LogP contribution in [-0.2, 0) is 16.0 Å². The standard InChI is InChI=1S/C18H26ClN3O3/c1-20-18(21-11-13-5-6-14(19)10-16(13)23-2)22-7-9-25-17(12-22)15-4-3-8-24-15/h5-6,10,15,17H,3-4,7-9,11-12H2,1-2H3,(H,20,21). The second-order valence-electron chi connectivity index (χ2n) is 6.26. The van der Waals surface area contributed by atoms with Gasteiger partial charge < -0.3 is 24.4 Å². The van der Waals surface area contributed by atoms with E-state index < -0.39 is 0 Å². The zero-order valence-electron chi connectivity index (χ0n) is 14.8. The smallest absolute Gasteiger partial charge is 0.194 e. The highest BCUT2D eigenvalue weighted by Crippen LogP contribution is 2.23. The highest BCUT2D eigenvalue weighted by atomic mass is 35.5. The van der Waals surface area contributed by atoms with Gasteiger partial charge in [0, 0.05) is 43.9 Å². The van der Waals surface area contributed by atoms with Crippen LogP contribution in [0.3, 0.4) is 0 Å². The Morgan fingerprint density at radius 2 is 2.20 bits per heavy atom. The number of morpholine rings is 1. The Bertz CT molecular complexity index is 605. The summed E-state index contributed by atoms with van der Waals surface area (Å²) in [6.07, 6.45) is 2.51. The summed E-state index contributed by atoms with van der Waals surface area (Å²) in [5.41, 5.74) is 1.04. The Kier molecular flexibility index (Phi) is 6.39. The summed E-state index contributed by atoms with van der Waals surface area (Å²) < 4.78 is 17.1. The molecule has 0 spiro atoms. The normalized spacial score (nSPS) is 24.4. The molecule has 2 unspecified atom stereocenters. The van der Waals surface area contributed by atoms with Crippen molar-refractivity contribution < 1.29 is 14.2 Å². The summed E-state index contributed by atoms with van der Waals surface area (Å²) in [7, 11) is 3.45. The molecule has 0 amide bonds. The maximum atomic E-state index is 6.03. The van der Waals surface area contributed by atoms with Crippen molar-refractivity contribution in [2.24, 2.45) is 4.99 Å². The summed E-state index contributed by atoms with van der Waals surface area (Å²) in [5.74, 6) is 1.64. The van der Waals surface area contributed by atoms with Crippen molar-refractivity contribution in [3.63, 3.8) is 0 Å². The third-order valence-electron chi connectivity index (χ3n) is 4.67. The number of benzene rings is 1. The van der Waals surface area contributed by atoms with Crippen molar-refractivity contribution in [3.05, 3.63) is 28.8 Å². The van der Waals surface area contributed by atoms with E-state index >= 15 is 0 Å². The van der Waals surface area contributed by atoms with Crippen molar-refractivity contribution >= 4 is 17.6 Å². The highest BCUT2D eigenvalue weighted by Gasteiger charge is 2.32. The zero-order valence-corrected chi connectivity index (χ0v) is 15.6. The molecule has 2 fully saturated rings. The molecule has 0 bridgehead atoms. The summed E-state index contributed by atoms with van der Waals surface area (Å²) in [4.78, 5) is 6.66. The van der Waals surface area contributed by atoms with Gasteiger partial charge in [-0.1, -0.05) is 17.7 Å². The Morgan fingerprint density at radius 3 is 2.92 bits per heavy atom. The van der Waals surface area contributed by atoms with Crippen LogP contribution in [-0.4, -0.2) is 63.5 Å². The van der Waals surface area contributed by atoms with Crippen LogP contribution >= 0.6 is 11.6 Å². The molecule has 0 aromatic heterocycles. The minimum atomic E-state index is 0.111. The van der Waals surface area contributed by atoms with Gasteiger partial charge in [-0.2, -0.15) is 0 Å². The van der Waals surface area contributed by atoms with Gasteiger partial charge in [0.25, 0.3) is 0 Å². The van der Waals surface area contributed by atoms with Crippen molar-refractivity contribution in [2.75, 3.05) is 40.5 Å². The fourth-order valence-electron chi connectivity index (χ4n) is 3.36. The number of aliphatic imine (C=N–C) groups is 1. The van der Waals surface area contributed by atoms with Crippen LogP contribution in [0.1, 0.15) is 18.4 Å². The minimum Gasteiger partial charge on any atom is -0.496 e. The average molecular weight is 368 g/mol. The van der Waals surface area contributed by atoms with Gasteiger partial charge in [-0.25, -0.2) is 0 Å². The van der Waals surface area contributed by atoms with Gasteiger partial charge in [0.05, 0.1) is 19.8 Å². The predicted molar refractivity (Wildman–Crippen MR) is 98.5 cm³/mol. The van der Waals surface area contributed by atoms with Gasteiger partial charge >= 0.3 is 0 Å². The van der Waals surface area contributed by atoms with Gasteiger partial charge in [0.1, 0.15) is 11.9 Å². The molecular formula is C18H26ClN3O3. The van der Waals surface area contributed by atoms with Crippen molar-refractivity contribution in [2.45, 2.75) is 31.6 Å². The molecule has 2 aliphatic heterocycles. The largest absolute Gasteiger partial charge is 0.496 e. The first-order valence-electron chi connectivity index (χ1n) is 8.72. The quantitative estimate of drug-likeness (QED) is 0.653. The third kappa shape index (κ3) is 4.57. The molecule has 7 heteroatoms. The van der Waals surface area contributed by atoms with E-state index in [1.807, 2.05) is 18.2 Å². The Labute approximate surface area is 154 Å². The van der Waals surface area contributed by atoms with Gasteiger partial charge in [-0.3, -0.25) is 4.99 Å². The topological polar surface area (TPSA) is 55.3 Å². The van der Waals surface area contributed by atoms with Crippen LogP contribution < -0.4 is 10.1 Å². The monoisotopic (exact) mass is 367 g/mol. The van der Waals surface area contributed by atoms with Crippen molar-refractivity contribution in [1.29, 1.82) is 0 Å². The Morgan fingerprint density at radius 1 is 1.36 bits per heavy atom. The Balaban J connectivity index is 1.60. The van der Waals surface area contributed by atoms with Crippen molar-refractivity contribution in [3.8, 4) is 5.75 Å². The third-order valence-corrected chi connectivity index (χ3v) is 4.91. The first kappa shape index (κ1) is 18.3. The number of hydrogen-bond acceptors (Lipinski definition) is 4. The minimum absolute atomic E-state index is 0.111. The molecule has 1 N–H and O–H groups in total. The summed E-state index contributed by atoms with van der Waals surface area (Å²) in [5, 5.41) is 4.08. The van der Waals surface area contributed by atoms with Crippen LogP contribution in [0.5, 0.6) is 5.75 Å². The summed E-state index contributed by atoms with van der Waals surface area (Å²) in [6, 6.07) is 5.66. The lowest BCUT2D eigenvalue weighted by molar-refractivity contribution is -0.0817. The number of nitrogens with zero attached hydrogens (tertiary/aromatic N) is 2. The molecule has 138 valence electrons. The lowest BCUT2D eigenvalue weighted by atomic mass is 10.1. The van der Waals surface area contributed by atoms with E-state index in [9.17, 15) is 0 Å². The van der Waals surface area contributed by atoms with Crippen LogP contribution in [0.4, 0.5) is 0 Å². The van der Waals surface area contributed by atoms with Crippen LogP contribution in [0.2, 0.25) is 5.02 Å². The predicted octanol–water partition coefficient (Wildman–Crippen LogP) is 2.30. The fourth-order valence-corrected chi connectivity index (χ4v) is 3.52. The number of nitrogens with one attached hydrogen (secondary N) is 1. The summed E-state index contributed by atoms with van der Waals surface area (Å²) >= 11 is 6.03. The Hall–Kier alpha value is -1.50. The molecule has 25 heavy (non-hydrogen) atoms. The van der Waals surface area contributed by atoms with Gasteiger partial charge in [-0.15, -0.1) is 0 Å². The summed E-state index contributed by atoms with van der Waals surface area (Å²) in [6.45, 7) is 3.76. The molecule has 0 aliphatic carbocycles. The van der Waals surface area contributed by atoms with E-state index in [0.717, 1.165) is 49.8 Å². The second-order valence-corrected chi connectivity index (χ2v) is 6.70. The second kappa shape index (κ2) is 8.74. The molecule has 1 aromatic rings. The molecule has 2 saturated heterocycles. The first-order chi connectivity index (χ1) is 12.2. The molecule has 1 aromatic carbocycles. The number of hydrogen-bond donors (Lipinski definition) is 1. The van der Waals surface area contributed by atoms with Crippen molar-refractivity contribution in [1.82, 2.24) is 10.2 Å². The zero-order chi connectivity index (χ0) is 17.6. The van der Waals surface area contributed by atoms with Crippen LogP contribution in [0.15, 0.2) is 23.2 Å². The van der Waals surface area contributed by atoms with Gasteiger partial charge in [0.15, 0.2) is 5.96 Å². The molecule has 2 atom stereocenters. The SMILES string of the molecule is CN=C(NCc1ccc(Cl)cc1OC)N1CCOC(C2CCCO2)C1. The van der Waals surface area contributed by atoms with E-state index in [1.165, 1.54) is 0 Å². The maximum absolute atomic E-state index is 6.03. The number of ether oxygens (including phenoxy) is 3. The molecule has 2 aliphatic rings. The molecule has 2 heterocycles. The molecule has 3 rings (SSSR count). The molecule has 6 nitrogen and oxygen atoms in total. The lowest BCUT2D eigenvalue weighted by Gasteiger charge is -2.37. The number of guanidine groups is 1. The van der Waals surface area contributed by atoms with E-state index in [0.29, 0.717) is 18.2 Å². The van der Waals surface area contributed by atoms with E-state index in [1.54, 1.807) is 14.2 Å². The van der Waals surface area contributed by atoms with Crippen LogP contribution in [0, 0.1) is 0 Å². The van der Waals surface area contributed by atoms with E-state index in [-0.39, 0.29) is 12.2 Å². The number of halogens is 1. The van der Waals surface area contributed by atoms with Gasteiger partial charge in [-0.05, 0) is 25.0 Å². The van der Waals surface area contributed by atoms with E-state index in [4.69, 9.17) is 25.8 Å². The number of rotatable bonds is 4. The molecular weight excluding hydrogens is 342 g/mol. The first-order valence-corrected chi connectivity index (χ1v) is 9.10. The molecule has 0 saturated carbocycles. The lowest BCUT2D eigenvalue weighted by Crippen LogP contribution is -2.53. The van der Waals surface area contributed by atoms with Crippen LogP contribution in [0.25, 0.3) is 0 Å². The average Bonchev–Trinajstić information content (AvgIpc) is 3.18. The van der Waals surface area contributed by atoms with E-state index in [2.05, 4.69) is 15.2 Å². The fraction of sp³-hybridized carbons (Fsp3) is 0.611. The maximum Gasteiger partial charge on any atom is 0.194 e. The number of methoxy groups -OCH3 is 1. The van der Waals surface area contributed by atoms with Gasteiger partial charge in [0.2, 0.25) is 0 Å².